The number of aryl methyl sites for hydroxylation is 1. The van der Waals surface area contributed by atoms with Gasteiger partial charge >= 0.3 is 18.5 Å². The van der Waals surface area contributed by atoms with Crippen LogP contribution in [0.15, 0.2) is 12.1 Å². The summed E-state index contributed by atoms with van der Waals surface area (Å²) in [5.41, 5.74) is -4.70. The molecule has 5 heterocycles. The van der Waals surface area contributed by atoms with Crippen LogP contribution in [-0.2, 0) is 9.47 Å². The van der Waals surface area contributed by atoms with Gasteiger partial charge < -0.3 is 23.8 Å². The Bertz CT molecular complexity index is 2050. The van der Waals surface area contributed by atoms with Crippen molar-refractivity contribution in [3.05, 3.63) is 35.0 Å². The fraction of sp³-hybridized carbons (Fsp3) is 0.541. The molecule has 4 atom stereocenters. The van der Waals surface area contributed by atoms with Crippen molar-refractivity contribution >= 4 is 40.8 Å². The number of alkyl halides is 3. The number of carbonyl (C=O) groups excluding carboxylic acids is 3. The predicted octanol–water partition coefficient (Wildman–Crippen LogP) is 8.46. The topological polar surface area (TPSA) is 132 Å². The van der Waals surface area contributed by atoms with Crippen LogP contribution in [-0.4, -0.2) is 81.2 Å². The van der Waals surface area contributed by atoms with Crippen molar-refractivity contribution in [2.75, 3.05) is 16.8 Å². The number of anilines is 2. The predicted molar refractivity (Wildman–Crippen MR) is 187 cm³/mol. The Balaban J connectivity index is 1.58. The molecule has 0 aliphatic carbocycles. The number of benzene rings is 1. The molecule has 0 unspecified atom stereocenters. The van der Waals surface area contributed by atoms with Gasteiger partial charge in [0.25, 0.3) is 0 Å². The SMILES string of the molecule is CC[C@@]12CC[C@@H]([C@H]3[C@H](C)Oc4nc(-c5cc(NC(=O)OC(C)(C)C)cc(F)c5OC(F)(F)F)c(F)c5c(C)c(C=O)nc(c45)N3C1)N2C(=O)OC(C)(C)C. The highest BCUT2D eigenvalue weighted by atomic mass is 19.4. The van der Waals surface area contributed by atoms with Crippen LogP contribution in [0.2, 0.25) is 0 Å². The van der Waals surface area contributed by atoms with Gasteiger partial charge in [-0.1, -0.05) is 6.92 Å². The lowest BCUT2D eigenvalue weighted by molar-refractivity contribution is -0.275. The van der Waals surface area contributed by atoms with E-state index < -0.39 is 87.8 Å². The number of ether oxygens (including phenoxy) is 4. The van der Waals surface area contributed by atoms with Crippen LogP contribution in [0.1, 0.15) is 90.7 Å². The normalized spacial score (nSPS) is 22.3. The summed E-state index contributed by atoms with van der Waals surface area (Å²) in [6.45, 7) is 15.3. The summed E-state index contributed by atoms with van der Waals surface area (Å²) < 4.78 is 95.5. The second-order valence-corrected chi connectivity index (χ2v) is 15.9. The second kappa shape index (κ2) is 13.1. The van der Waals surface area contributed by atoms with Gasteiger partial charge in [-0.3, -0.25) is 15.0 Å². The molecule has 292 valence electrons. The van der Waals surface area contributed by atoms with E-state index in [1.54, 1.807) is 53.4 Å². The van der Waals surface area contributed by atoms with Crippen molar-refractivity contribution in [3.63, 3.8) is 0 Å². The number of nitrogens with one attached hydrogen (secondary N) is 1. The molecule has 6 rings (SSSR count). The van der Waals surface area contributed by atoms with Crippen LogP contribution in [0, 0.1) is 18.6 Å². The third kappa shape index (κ3) is 6.92. The van der Waals surface area contributed by atoms with Crippen molar-refractivity contribution in [1.29, 1.82) is 0 Å². The number of halogens is 5. The molecule has 0 radical (unpaired) electrons. The average molecular weight is 764 g/mol. The Hall–Kier alpha value is -4.96. The fourth-order valence-electron chi connectivity index (χ4n) is 7.81. The largest absolute Gasteiger partial charge is 0.573 e. The summed E-state index contributed by atoms with van der Waals surface area (Å²) in [4.78, 5) is 51.5. The molecule has 1 N–H and O–H groups in total. The van der Waals surface area contributed by atoms with E-state index in [4.69, 9.17) is 14.2 Å². The molecule has 2 aromatic heterocycles. The van der Waals surface area contributed by atoms with Gasteiger partial charge in [0, 0.05) is 23.7 Å². The second-order valence-electron chi connectivity index (χ2n) is 15.9. The maximum absolute atomic E-state index is 17.2. The molecule has 1 aromatic carbocycles. The van der Waals surface area contributed by atoms with Gasteiger partial charge in [-0.05, 0) is 86.3 Å². The molecule has 3 aromatic rings. The van der Waals surface area contributed by atoms with Gasteiger partial charge in [-0.15, -0.1) is 13.2 Å². The van der Waals surface area contributed by atoms with Crippen molar-refractivity contribution in [3.8, 4) is 22.9 Å². The molecule has 3 aliphatic heterocycles. The van der Waals surface area contributed by atoms with Crippen LogP contribution in [0.25, 0.3) is 22.0 Å². The van der Waals surface area contributed by atoms with Crippen molar-refractivity contribution in [1.82, 2.24) is 14.9 Å². The number of aldehydes is 1. The molecule has 2 fully saturated rings. The van der Waals surface area contributed by atoms with E-state index in [1.165, 1.54) is 6.92 Å². The minimum atomic E-state index is -5.42. The number of piperazine rings is 1. The quantitative estimate of drug-likeness (QED) is 0.199. The summed E-state index contributed by atoms with van der Waals surface area (Å²) in [6, 6.07) is 0.311. The van der Waals surface area contributed by atoms with E-state index in [-0.39, 0.29) is 40.3 Å². The van der Waals surface area contributed by atoms with Crippen LogP contribution in [0.3, 0.4) is 0 Å². The first-order valence-electron chi connectivity index (χ1n) is 17.5. The Morgan fingerprint density at radius 1 is 1.06 bits per heavy atom. The van der Waals surface area contributed by atoms with E-state index in [0.29, 0.717) is 31.6 Å². The highest BCUT2D eigenvalue weighted by Crippen LogP contribution is 2.52. The molecule has 54 heavy (non-hydrogen) atoms. The maximum atomic E-state index is 17.2. The molecule has 0 saturated carbocycles. The highest BCUT2D eigenvalue weighted by Gasteiger charge is 2.60. The summed E-state index contributed by atoms with van der Waals surface area (Å²) in [6.07, 6.45) is -5.69. The van der Waals surface area contributed by atoms with Crippen molar-refractivity contribution < 1.29 is 55.3 Å². The smallest absolute Gasteiger partial charge is 0.472 e. The molecule has 2 amide bonds. The first-order valence-corrected chi connectivity index (χ1v) is 17.5. The van der Waals surface area contributed by atoms with Crippen molar-refractivity contribution in [2.24, 2.45) is 0 Å². The Morgan fingerprint density at radius 2 is 1.72 bits per heavy atom. The maximum Gasteiger partial charge on any atom is 0.573 e. The average Bonchev–Trinajstić information content (AvgIpc) is 3.24. The van der Waals surface area contributed by atoms with Gasteiger partial charge in [-0.2, -0.15) is 0 Å². The minimum absolute atomic E-state index is 0.0169. The summed E-state index contributed by atoms with van der Waals surface area (Å²) in [7, 11) is 0. The van der Waals surface area contributed by atoms with Gasteiger partial charge in [0.05, 0.1) is 28.6 Å². The molecule has 2 saturated heterocycles. The summed E-state index contributed by atoms with van der Waals surface area (Å²) >= 11 is 0. The monoisotopic (exact) mass is 763 g/mol. The fourth-order valence-corrected chi connectivity index (χ4v) is 7.81. The van der Waals surface area contributed by atoms with Gasteiger partial charge in [0.15, 0.2) is 23.7 Å². The van der Waals surface area contributed by atoms with Crippen LogP contribution < -0.4 is 19.7 Å². The zero-order chi connectivity index (χ0) is 39.9. The van der Waals surface area contributed by atoms with E-state index in [0.717, 1.165) is 6.07 Å². The lowest BCUT2D eigenvalue weighted by Gasteiger charge is -2.53. The number of hydrogen-bond acceptors (Lipinski definition) is 10. The van der Waals surface area contributed by atoms with Crippen molar-refractivity contribution in [2.45, 2.75) is 123 Å². The van der Waals surface area contributed by atoms with Gasteiger partial charge in [-0.25, -0.2) is 28.3 Å². The first kappa shape index (κ1) is 38.8. The van der Waals surface area contributed by atoms with Gasteiger partial charge in [0.2, 0.25) is 5.88 Å². The van der Waals surface area contributed by atoms with E-state index >= 15 is 8.78 Å². The number of aromatic nitrogens is 2. The Kier molecular flexibility index (Phi) is 9.41. The highest BCUT2D eigenvalue weighted by molar-refractivity contribution is 6.04. The van der Waals surface area contributed by atoms with E-state index in [2.05, 4.69) is 20.0 Å². The molecular formula is C37H42F5N5O7. The summed E-state index contributed by atoms with van der Waals surface area (Å²) in [5, 5.41) is 2.03. The molecule has 3 aliphatic rings. The van der Waals surface area contributed by atoms with Gasteiger partial charge in [0.1, 0.15) is 34.5 Å². The zero-order valence-electron chi connectivity index (χ0n) is 31.3. The Labute approximate surface area is 308 Å². The Morgan fingerprint density at radius 3 is 2.31 bits per heavy atom. The lowest BCUT2D eigenvalue weighted by atomic mass is 9.89. The van der Waals surface area contributed by atoms with E-state index in [1.807, 2.05) is 11.8 Å². The molecule has 0 spiro atoms. The molecular weight excluding hydrogens is 721 g/mol. The third-order valence-electron chi connectivity index (χ3n) is 9.85. The number of nitrogens with zero attached hydrogens (tertiary/aromatic N) is 4. The van der Waals surface area contributed by atoms with Crippen LogP contribution in [0.5, 0.6) is 11.6 Å². The lowest BCUT2D eigenvalue weighted by Crippen LogP contribution is -2.70. The molecule has 2 bridgehead atoms. The number of carbonyl (C=O) groups is 3. The number of pyridine rings is 2. The molecule has 12 nitrogen and oxygen atoms in total. The van der Waals surface area contributed by atoms with E-state index in [9.17, 15) is 27.6 Å². The standard InChI is InChI=1S/C37H42F5N5O7/c1-10-36-12-11-23(47(36)33(50)54-35(7,8)9)28-18(3)51-31-25-24(17(2)22(15-48)44-30(25)46(28)16-36)26(39)27(45-31)20-13-19(43-32(49)53-34(4,5)6)14-21(38)29(20)52-37(40,41)42/h13-15,18,23,28H,10-12,16H2,1-9H3,(H,43,49)/t18-,23-,28+,36+/m0/s1. The number of amides is 2. The number of fused-ring (bicyclic) bond motifs is 5. The third-order valence-corrected chi connectivity index (χ3v) is 9.85. The zero-order valence-corrected chi connectivity index (χ0v) is 31.3. The first-order chi connectivity index (χ1) is 25.0. The number of hydrogen-bond donors (Lipinski definition) is 1. The minimum Gasteiger partial charge on any atom is -0.472 e. The van der Waals surface area contributed by atoms with Crippen LogP contribution >= 0.6 is 0 Å². The number of rotatable bonds is 5. The summed E-state index contributed by atoms with van der Waals surface area (Å²) in [5.74, 6) is -4.38. The van der Waals surface area contributed by atoms with Crippen LogP contribution in [0.4, 0.5) is 43.0 Å². The molecule has 17 heteroatoms.